The molecular formula is C20H30IN5O3. The van der Waals surface area contributed by atoms with Gasteiger partial charge in [-0.2, -0.15) is 0 Å². The molecule has 9 heteroatoms. The van der Waals surface area contributed by atoms with Crippen molar-refractivity contribution in [3.05, 3.63) is 39.9 Å². The molecule has 0 radical (unpaired) electrons. The summed E-state index contributed by atoms with van der Waals surface area (Å²) in [5, 5.41) is 17.4. The van der Waals surface area contributed by atoms with E-state index in [4.69, 9.17) is 0 Å². The lowest BCUT2D eigenvalue weighted by Crippen LogP contribution is -2.45. The van der Waals surface area contributed by atoms with E-state index in [0.29, 0.717) is 25.0 Å². The van der Waals surface area contributed by atoms with Crippen LogP contribution in [0.25, 0.3) is 0 Å². The standard InChI is InChI=1S/C20H29N5O3.HI/c1-21-20(22-13-15-7-9-18(10-8-15)25(27)28)23-17-11-12-24(14-17)19(26)16-5-3-2-4-6-16;/h7-10,16-17H,2-6,11-14H2,1H3,(H2,21,22,23);1H. The molecule has 1 aliphatic heterocycles. The average molecular weight is 515 g/mol. The number of nitrogens with one attached hydrogen (secondary N) is 2. The fraction of sp³-hybridized carbons (Fsp3) is 0.600. The van der Waals surface area contributed by atoms with E-state index in [-0.39, 0.29) is 41.6 Å². The Bertz CT molecular complexity index is 719. The van der Waals surface area contributed by atoms with E-state index in [0.717, 1.165) is 31.4 Å². The number of likely N-dealkylation sites (tertiary alicyclic amines) is 1. The maximum absolute atomic E-state index is 12.7. The zero-order valence-electron chi connectivity index (χ0n) is 16.8. The number of nitro benzene ring substituents is 1. The second-order valence-electron chi connectivity index (χ2n) is 7.60. The number of amides is 1. The van der Waals surface area contributed by atoms with Crippen molar-refractivity contribution in [3.63, 3.8) is 0 Å². The maximum Gasteiger partial charge on any atom is 0.269 e. The highest BCUT2D eigenvalue weighted by molar-refractivity contribution is 14.0. The molecule has 0 spiro atoms. The summed E-state index contributed by atoms with van der Waals surface area (Å²) in [5.41, 5.74) is 1.02. The van der Waals surface area contributed by atoms with E-state index in [1.807, 2.05) is 4.90 Å². The van der Waals surface area contributed by atoms with Gasteiger partial charge in [-0.1, -0.05) is 31.4 Å². The zero-order chi connectivity index (χ0) is 19.9. The van der Waals surface area contributed by atoms with Crippen LogP contribution in [0.1, 0.15) is 44.1 Å². The van der Waals surface area contributed by atoms with Crippen LogP contribution in [0.3, 0.4) is 0 Å². The number of carbonyl (C=O) groups excluding carboxylic acids is 1. The van der Waals surface area contributed by atoms with Crippen molar-refractivity contribution < 1.29 is 9.72 Å². The normalized spacial score (nSPS) is 20.1. The van der Waals surface area contributed by atoms with Crippen LogP contribution in [0.2, 0.25) is 0 Å². The highest BCUT2D eigenvalue weighted by Gasteiger charge is 2.31. The lowest BCUT2D eigenvalue weighted by molar-refractivity contribution is -0.384. The summed E-state index contributed by atoms with van der Waals surface area (Å²) in [6.07, 6.45) is 6.58. The van der Waals surface area contributed by atoms with Crippen molar-refractivity contribution in [2.24, 2.45) is 10.9 Å². The second kappa shape index (κ2) is 11.3. The molecule has 1 heterocycles. The Morgan fingerprint density at radius 2 is 1.90 bits per heavy atom. The summed E-state index contributed by atoms with van der Waals surface area (Å²) < 4.78 is 0. The van der Waals surface area contributed by atoms with Crippen LogP contribution in [0.4, 0.5) is 5.69 Å². The molecule has 1 aromatic carbocycles. The Balaban J connectivity index is 0.00000300. The Morgan fingerprint density at radius 3 is 2.52 bits per heavy atom. The van der Waals surface area contributed by atoms with Crippen LogP contribution in [-0.4, -0.2) is 47.9 Å². The molecule has 1 aromatic rings. The molecule has 29 heavy (non-hydrogen) atoms. The maximum atomic E-state index is 12.7. The van der Waals surface area contributed by atoms with Crippen LogP contribution in [0, 0.1) is 16.0 Å². The number of aliphatic imine (C=N–C) groups is 1. The third-order valence-corrected chi connectivity index (χ3v) is 5.63. The summed E-state index contributed by atoms with van der Waals surface area (Å²) in [6, 6.07) is 6.66. The SMILES string of the molecule is CN=C(NCc1ccc([N+](=O)[O-])cc1)NC1CCN(C(=O)C2CCCCC2)C1.I. The van der Waals surface area contributed by atoms with E-state index in [1.54, 1.807) is 19.2 Å². The van der Waals surface area contributed by atoms with Crippen LogP contribution < -0.4 is 10.6 Å². The highest BCUT2D eigenvalue weighted by Crippen LogP contribution is 2.26. The third-order valence-electron chi connectivity index (χ3n) is 5.63. The fourth-order valence-corrected chi connectivity index (χ4v) is 4.00. The lowest BCUT2D eigenvalue weighted by atomic mass is 9.88. The summed E-state index contributed by atoms with van der Waals surface area (Å²) in [4.78, 5) is 29.3. The molecule has 1 aliphatic carbocycles. The van der Waals surface area contributed by atoms with Gasteiger partial charge in [0.1, 0.15) is 0 Å². The van der Waals surface area contributed by atoms with E-state index in [2.05, 4.69) is 15.6 Å². The minimum Gasteiger partial charge on any atom is -0.352 e. The van der Waals surface area contributed by atoms with Gasteiger partial charge in [-0.25, -0.2) is 0 Å². The molecule has 8 nitrogen and oxygen atoms in total. The Kier molecular flexibility index (Phi) is 9.12. The Morgan fingerprint density at radius 1 is 1.21 bits per heavy atom. The highest BCUT2D eigenvalue weighted by atomic mass is 127. The topological polar surface area (TPSA) is 99.9 Å². The number of hydrogen-bond acceptors (Lipinski definition) is 4. The molecule has 3 rings (SSSR count). The molecule has 2 aliphatic rings. The van der Waals surface area contributed by atoms with Gasteiger partial charge < -0.3 is 15.5 Å². The minimum atomic E-state index is -0.405. The van der Waals surface area contributed by atoms with E-state index in [1.165, 1.54) is 31.4 Å². The molecule has 1 amide bonds. The van der Waals surface area contributed by atoms with Gasteiger partial charge in [0.2, 0.25) is 5.91 Å². The molecule has 160 valence electrons. The van der Waals surface area contributed by atoms with Gasteiger partial charge in [-0.15, -0.1) is 24.0 Å². The number of halogens is 1. The first kappa shape index (κ1) is 23.4. The zero-order valence-corrected chi connectivity index (χ0v) is 19.1. The molecular weight excluding hydrogens is 485 g/mol. The monoisotopic (exact) mass is 515 g/mol. The second-order valence-corrected chi connectivity index (χ2v) is 7.60. The van der Waals surface area contributed by atoms with Crippen LogP contribution >= 0.6 is 24.0 Å². The van der Waals surface area contributed by atoms with Crippen molar-refractivity contribution >= 4 is 41.5 Å². The number of carbonyl (C=O) groups is 1. The van der Waals surface area contributed by atoms with E-state index in [9.17, 15) is 14.9 Å². The average Bonchev–Trinajstić information content (AvgIpc) is 3.20. The fourth-order valence-electron chi connectivity index (χ4n) is 4.00. The first-order valence-corrected chi connectivity index (χ1v) is 10.1. The number of nitro groups is 1. The van der Waals surface area contributed by atoms with Crippen LogP contribution in [-0.2, 0) is 11.3 Å². The minimum absolute atomic E-state index is 0. The smallest absolute Gasteiger partial charge is 0.269 e. The first-order valence-electron chi connectivity index (χ1n) is 10.1. The molecule has 0 bridgehead atoms. The van der Waals surface area contributed by atoms with Crippen molar-refractivity contribution in [1.29, 1.82) is 0 Å². The molecule has 1 atom stereocenters. The largest absolute Gasteiger partial charge is 0.352 e. The van der Waals surface area contributed by atoms with Gasteiger partial charge in [0.25, 0.3) is 5.69 Å². The van der Waals surface area contributed by atoms with Crippen molar-refractivity contribution in [1.82, 2.24) is 15.5 Å². The van der Waals surface area contributed by atoms with Crippen LogP contribution in [0.5, 0.6) is 0 Å². The van der Waals surface area contributed by atoms with Crippen LogP contribution in [0.15, 0.2) is 29.3 Å². The lowest BCUT2D eigenvalue weighted by Gasteiger charge is -2.26. The molecule has 2 N–H and O–H groups in total. The molecule has 1 unspecified atom stereocenters. The molecule has 1 saturated carbocycles. The van der Waals surface area contributed by atoms with E-state index < -0.39 is 4.92 Å². The summed E-state index contributed by atoms with van der Waals surface area (Å²) in [5.74, 6) is 1.21. The van der Waals surface area contributed by atoms with Gasteiger partial charge in [-0.3, -0.25) is 19.9 Å². The number of nitrogens with zero attached hydrogens (tertiary/aromatic N) is 3. The molecule has 1 saturated heterocycles. The summed E-state index contributed by atoms with van der Waals surface area (Å²) in [6.45, 7) is 2.04. The Labute approximate surface area is 188 Å². The van der Waals surface area contributed by atoms with Gasteiger partial charge >= 0.3 is 0 Å². The molecule has 2 fully saturated rings. The van der Waals surface area contributed by atoms with Crippen molar-refractivity contribution in [2.75, 3.05) is 20.1 Å². The molecule has 0 aromatic heterocycles. The summed E-state index contributed by atoms with van der Waals surface area (Å²) >= 11 is 0. The third kappa shape index (κ3) is 6.55. The van der Waals surface area contributed by atoms with E-state index >= 15 is 0 Å². The van der Waals surface area contributed by atoms with Gasteiger partial charge in [0, 0.05) is 50.8 Å². The number of non-ortho nitro benzene ring substituents is 1. The number of guanidine groups is 1. The number of rotatable bonds is 5. The van der Waals surface area contributed by atoms with Crippen molar-refractivity contribution in [3.8, 4) is 0 Å². The number of hydrogen-bond donors (Lipinski definition) is 2. The van der Waals surface area contributed by atoms with Gasteiger partial charge in [-0.05, 0) is 24.8 Å². The Hall–Kier alpha value is -1.91. The number of benzene rings is 1. The first-order chi connectivity index (χ1) is 13.6. The quantitative estimate of drug-likeness (QED) is 0.207. The van der Waals surface area contributed by atoms with Gasteiger partial charge in [0.15, 0.2) is 5.96 Å². The predicted octanol–water partition coefficient (Wildman–Crippen LogP) is 3.06. The van der Waals surface area contributed by atoms with Gasteiger partial charge in [0.05, 0.1) is 4.92 Å². The van der Waals surface area contributed by atoms with Crippen molar-refractivity contribution in [2.45, 2.75) is 51.1 Å². The predicted molar refractivity (Wildman–Crippen MR) is 123 cm³/mol. The summed E-state index contributed by atoms with van der Waals surface area (Å²) in [7, 11) is 1.71.